The van der Waals surface area contributed by atoms with Crippen LogP contribution in [0.5, 0.6) is 11.5 Å². The van der Waals surface area contributed by atoms with Crippen LogP contribution < -0.4 is 10.1 Å². The zero-order chi connectivity index (χ0) is 18.8. The average molecular weight is 363 g/mol. The lowest BCUT2D eigenvalue weighted by atomic mass is 9.95. The molecule has 1 aliphatic rings. The zero-order valence-electron chi connectivity index (χ0n) is 14.8. The van der Waals surface area contributed by atoms with Gasteiger partial charge in [-0.2, -0.15) is 4.68 Å². The van der Waals surface area contributed by atoms with E-state index in [0.717, 1.165) is 11.3 Å². The first kappa shape index (κ1) is 16.8. The van der Waals surface area contributed by atoms with Gasteiger partial charge in [-0.3, -0.25) is 0 Å². The number of hydrogen-bond acceptors (Lipinski definition) is 7. The van der Waals surface area contributed by atoms with Gasteiger partial charge < -0.3 is 14.8 Å². The molecule has 1 N–H and O–H groups in total. The van der Waals surface area contributed by atoms with E-state index in [1.54, 1.807) is 11.6 Å². The zero-order valence-corrected chi connectivity index (χ0v) is 14.8. The number of nitrogens with one attached hydrogen (secondary N) is 1. The molecule has 0 spiro atoms. The topological polar surface area (TPSA) is 91.2 Å². The fourth-order valence-electron chi connectivity index (χ4n) is 3.07. The van der Waals surface area contributed by atoms with E-state index in [0.29, 0.717) is 23.0 Å². The highest BCUT2D eigenvalue weighted by atomic mass is 16.5. The van der Waals surface area contributed by atoms with Crippen LogP contribution in [-0.4, -0.2) is 33.3 Å². The lowest BCUT2D eigenvalue weighted by Crippen LogP contribution is -2.29. The summed E-state index contributed by atoms with van der Waals surface area (Å²) < 4.78 is 12.5. The fourth-order valence-corrected chi connectivity index (χ4v) is 3.07. The molecule has 2 aromatic carbocycles. The second-order valence-corrected chi connectivity index (χ2v) is 5.99. The fraction of sp³-hybridized carbons (Fsp3) is 0.158. The SMILES string of the molecule is COC(=O)C1=C(C)Nc2nnnn2C1c1cccc(Oc2ccccc2)c1. The van der Waals surface area contributed by atoms with Gasteiger partial charge in [0.2, 0.25) is 5.95 Å². The number of para-hydroxylation sites is 1. The first-order valence-electron chi connectivity index (χ1n) is 8.34. The quantitative estimate of drug-likeness (QED) is 0.713. The van der Waals surface area contributed by atoms with E-state index in [9.17, 15) is 4.79 Å². The number of nitrogens with zero attached hydrogens (tertiary/aromatic N) is 4. The number of anilines is 1. The molecule has 0 aliphatic carbocycles. The number of tetrazole rings is 1. The van der Waals surface area contributed by atoms with Crippen molar-refractivity contribution in [1.82, 2.24) is 20.2 Å². The summed E-state index contributed by atoms with van der Waals surface area (Å²) in [6, 6.07) is 16.4. The second-order valence-electron chi connectivity index (χ2n) is 5.99. The molecule has 8 nitrogen and oxygen atoms in total. The molecule has 0 bridgehead atoms. The summed E-state index contributed by atoms with van der Waals surface area (Å²) in [7, 11) is 1.35. The summed E-state index contributed by atoms with van der Waals surface area (Å²) in [5, 5.41) is 14.8. The highest BCUT2D eigenvalue weighted by Gasteiger charge is 2.34. The van der Waals surface area contributed by atoms with Crippen LogP contribution in [0.2, 0.25) is 0 Å². The Morgan fingerprint density at radius 1 is 1.11 bits per heavy atom. The van der Waals surface area contributed by atoms with Gasteiger partial charge in [0, 0.05) is 5.70 Å². The molecule has 27 heavy (non-hydrogen) atoms. The summed E-state index contributed by atoms with van der Waals surface area (Å²) in [6.45, 7) is 1.79. The Morgan fingerprint density at radius 2 is 1.89 bits per heavy atom. The molecule has 0 amide bonds. The van der Waals surface area contributed by atoms with Gasteiger partial charge in [-0.05, 0) is 47.2 Å². The predicted octanol–water partition coefficient (Wildman–Crippen LogP) is 2.93. The van der Waals surface area contributed by atoms with E-state index in [-0.39, 0.29) is 0 Å². The molecule has 1 aromatic heterocycles. The Bertz CT molecular complexity index is 1010. The number of hydrogen-bond donors (Lipinski definition) is 1. The van der Waals surface area contributed by atoms with Gasteiger partial charge in [-0.15, -0.1) is 0 Å². The van der Waals surface area contributed by atoms with E-state index in [2.05, 4.69) is 20.8 Å². The summed E-state index contributed by atoms with van der Waals surface area (Å²) in [4.78, 5) is 12.4. The first-order chi connectivity index (χ1) is 13.2. The Hall–Kier alpha value is -3.68. The van der Waals surface area contributed by atoms with Crippen LogP contribution in [0.4, 0.5) is 5.95 Å². The first-order valence-corrected chi connectivity index (χ1v) is 8.34. The van der Waals surface area contributed by atoms with Crippen molar-refractivity contribution in [2.75, 3.05) is 12.4 Å². The molecule has 1 unspecified atom stereocenters. The second kappa shape index (κ2) is 6.91. The van der Waals surface area contributed by atoms with E-state index < -0.39 is 12.0 Å². The van der Waals surface area contributed by atoms with E-state index >= 15 is 0 Å². The van der Waals surface area contributed by atoms with Crippen LogP contribution in [0.1, 0.15) is 18.5 Å². The van der Waals surface area contributed by atoms with Crippen LogP contribution in [-0.2, 0) is 9.53 Å². The van der Waals surface area contributed by atoms with Crippen LogP contribution in [0.3, 0.4) is 0 Å². The monoisotopic (exact) mass is 363 g/mol. The minimum Gasteiger partial charge on any atom is -0.466 e. The molecule has 3 aromatic rings. The van der Waals surface area contributed by atoms with Crippen molar-refractivity contribution in [2.24, 2.45) is 0 Å². The minimum atomic E-state index is -0.525. The number of esters is 1. The number of carbonyl (C=O) groups excluding carboxylic acids is 1. The van der Waals surface area contributed by atoms with Crippen molar-refractivity contribution in [3.8, 4) is 11.5 Å². The molecule has 0 saturated carbocycles. The van der Waals surface area contributed by atoms with Crippen LogP contribution in [0, 0.1) is 0 Å². The lowest BCUT2D eigenvalue weighted by molar-refractivity contribution is -0.136. The lowest BCUT2D eigenvalue weighted by Gasteiger charge is -2.27. The summed E-state index contributed by atoms with van der Waals surface area (Å²) in [6.07, 6.45) is 0. The van der Waals surface area contributed by atoms with E-state index in [1.807, 2.05) is 54.6 Å². The molecule has 0 fully saturated rings. The smallest absolute Gasteiger partial charge is 0.338 e. The van der Waals surface area contributed by atoms with Crippen molar-refractivity contribution in [1.29, 1.82) is 0 Å². The Morgan fingerprint density at radius 3 is 2.67 bits per heavy atom. The number of carbonyl (C=O) groups is 1. The van der Waals surface area contributed by atoms with Crippen molar-refractivity contribution in [3.05, 3.63) is 71.4 Å². The third kappa shape index (κ3) is 3.12. The van der Waals surface area contributed by atoms with Gasteiger partial charge in [0.1, 0.15) is 17.5 Å². The molecule has 8 heteroatoms. The van der Waals surface area contributed by atoms with E-state index in [1.165, 1.54) is 7.11 Å². The summed E-state index contributed by atoms with van der Waals surface area (Å²) >= 11 is 0. The standard InChI is InChI=1S/C19H17N5O3/c1-12-16(18(25)26-2)17(24-19(20-12)21-22-23-24)13-7-6-10-15(11-13)27-14-8-4-3-5-9-14/h3-11,17H,1-2H3,(H,20,21,23). The number of methoxy groups -OCH3 is 1. The minimum absolute atomic E-state index is 0.439. The summed E-state index contributed by atoms with van der Waals surface area (Å²) in [5.41, 5.74) is 1.89. The van der Waals surface area contributed by atoms with Crippen molar-refractivity contribution >= 4 is 11.9 Å². The molecule has 0 saturated heterocycles. The third-order valence-corrected chi connectivity index (χ3v) is 4.27. The molecule has 1 atom stereocenters. The van der Waals surface area contributed by atoms with Crippen molar-refractivity contribution in [3.63, 3.8) is 0 Å². The average Bonchev–Trinajstić information content (AvgIpc) is 3.15. The predicted molar refractivity (Wildman–Crippen MR) is 97.3 cm³/mol. The molecule has 136 valence electrons. The molecular formula is C19H17N5O3. The van der Waals surface area contributed by atoms with Crippen LogP contribution in [0.15, 0.2) is 65.9 Å². The van der Waals surface area contributed by atoms with Gasteiger partial charge in [-0.1, -0.05) is 35.4 Å². The number of allylic oxidation sites excluding steroid dienone is 1. The highest BCUT2D eigenvalue weighted by Crippen LogP contribution is 2.36. The van der Waals surface area contributed by atoms with Crippen LogP contribution >= 0.6 is 0 Å². The highest BCUT2D eigenvalue weighted by molar-refractivity contribution is 5.92. The molecular weight excluding hydrogens is 346 g/mol. The maximum atomic E-state index is 12.4. The van der Waals surface area contributed by atoms with Gasteiger partial charge >= 0.3 is 5.97 Å². The summed E-state index contributed by atoms with van der Waals surface area (Å²) in [5.74, 6) is 1.39. The third-order valence-electron chi connectivity index (χ3n) is 4.27. The Kier molecular flexibility index (Phi) is 4.29. The van der Waals surface area contributed by atoms with Gasteiger partial charge in [0.05, 0.1) is 12.7 Å². The van der Waals surface area contributed by atoms with Crippen LogP contribution in [0.25, 0.3) is 0 Å². The molecule has 2 heterocycles. The normalized spacial score (nSPS) is 15.7. The number of rotatable bonds is 4. The maximum absolute atomic E-state index is 12.4. The van der Waals surface area contributed by atoms with Gasteiger partial charge in [0.15, 0.2) is 0 Å². The number of ether oxygens (including phenoxy) is 2. The Labute approximate surface area is 155 Å². The maximum Gasteiger partial charge on any atom is 0.338 e. The van der Waals surface area contributed by atoms with Crippen molar-refractivity contribution < 1.29 is 14.3 Å². The van der Waals surface area contributed by atoms with Crippen molar-refractivity contribution in [2.45, 2.75) is 13.0 Å². The largest absolute Gasteiger partial charge is 0.466 e. The molecule has 1 aliphatic heterocycles. The van der Waals surface area contributed by atoms with Gasteiger partial charge in [0.25, 0.3) is 0 Å². The number of benzene rings is 2. The van der Waals surface area contributed by atoms with Gasteiger partial charge in [-0.25, -0.2) is 4.79 Å². The molecule has 0 radical (unpaired) electrons. The van der Waals surface area contributed by atoms with E-state index in [4.69, 9.17) is 9.47 Å². The number of fused-ring (bicyclic) bond motifs is 1. The number of aromatic nitrogens is 4. The Balaban J connectivity index is 1.77. The molecule has 4 rings (SSSR count).